The van der Waals surface area contributed by atoms with Crippen LogP contribution in [0, 0.1) is 12.3 Å². The molecule has 0 saturated heterocycles. The van der Waals surface area contributed by atoms with E-state index in [9.17, 15) is 9.90 Å². The van der Waals surface area contributed by atoms with Gasteiger partial charge in [-0.1, -0.05) is 13.8 Å². The van der Waals surface area contributed by atoms with Crippen molar-refractivity contribution in [3.05, 3.63) is 16.1 Å². The summed E-state index contributed by atoms with van der Waals surface area (Å²) < 4.78 is 5.67. The van der Waals surface area contributed by atoms with Gasteiger partial charge in [0.05, 0.1) is 29.5 Å². The summed E-state index contributed by atoms with van der Waals surface area (Å²) in [6, 6.07) is 0. The molecule has 0 aromatic carbocycles. The van der Waals surface area contributed by atoms with Gasteiger partial charge in [0.15, 0.2) is 0 Å². The lowest BCUT2D eigenvalue weighted by Crippen LogP contribution is -2.74. The minimum atomic E-state index is -0.625. The van der Waals surface area contributed by atoms with E-state index < -0.39 is 5.54 Å². The number of ether oxygens (including phenoxy) is 1. The van der Waals surface area contributed by atoms with Gasteiger partial charge in [0.1, 0.15) is 4.88 Å². The molecule has 1 aromatic rings. The number of carbonyl (C=O) groups excluding carboxylic acids is 1. The lowest BCUT2D eigenvalue weighted by Gasteiger charge is -2.60. The predicted octanol–water partition coefficient (Wildman–Crippen LogP) is 1.75. The Morgan fingerprint density at radius 1 is 1.65 bits per heavy atom. The van der Waals surface area contributed by atoms with Crippen LogP contribution in [0.2, 0.25) is 0 Å². The number of thiazole rings is 1. The molecule has 5 nitrogen and oxygen atoms in total. The average Bonchev–Trinajstić information content (AvgIpc) is 2.83. The predicted molar refractivity (Wildman–Crippen MR) is 77.9 cm³/mol. The molecule has 2 atom stereocenters. The first-order chi connectivity index (χ1) is 9.38. The first-order valence-electron chi connectivity index (χ1n) is 6.83. The normalized spacial score (nSPS) is 27.9. The number of nitrogens with one attached hydrogen (secondary N) is 1. The Labute approximate surface area is 123 Å². The van der Waals surface area contributed by atoms with Gasteiger partial charge in [-0.3, -0.25) is 4.79 Å². The highest BCUT2D eigenvalue weighted by atomic mass is 32.1. The van der Waals surface area contributed by atoms with E-state index in [1.54, 1.807) is 5.51 Å². The van der Waals surface area contributed by atoms with Crippen molar-refractivity contribution in [1.82, 2.24) is 10.3 Å². The van der Waals surface area contributed by atoms with Gasteiger partial charge in [-0.2, -0.15) is 0 Å². The van der Waals surface area contributed by atoms with Crippen LogP contribution in [0.3, 0.4) is 0 Å². The number of amides is 1. The molecule has 2 N–H and O–H groups in total. The summed E-state index contributed by atoms with van der Waals surface area (Å²) in [7, 11) is 0. The molecule has 0 aliphatic heterocycles. The zero-order valence-electron chi connectivity index (χ0n) is 12.4. The smallest absolute Gasteiger partial charge is 0.263 e. The summed E-state index contributed by atoms with van der Waals surface area (Å²) in [4.78, 5) is 17.0. The Morgan fingerprint density at radius 2 is 2.35 bits per heavy atom. The quantitative estimate of drug-likeness (QED) is 0.868. The number of aryl methyl sites for hydroxylation is 1. The fraction of sp³-hybridized carbons (Fsp3) is 0.714. The van der Waals surface area contributed by atoms with E-state index in [2.05, 4.69) is 10.3 Å². The van der Waals surface area contributed by atoms with Crippen LogP contribution >= 0.6 is 11.3 Å². The number of aliphatic hydroxyl groups is 1. The monoisotopic (exact) mass is 298 g/mol. The van der Waals surface area contributed by atoms with E-state index in [1.165, 1.54) is 11.3 Å². The van der Waals surface area contributed by atoms with Gasteiger partial charge in [-0.05, 0) is 13.8 Å². The third-order valence-corrected chi connectivity index (χ3v) is 5.44. The minimum absolute atomic E-state index is 0.0579. The van der Waals surface area contributed by atoms with Gasteiger partial charge in [0.25, 0.3) is 5.91 Å². The van der Waals surface area contributed by atoms with Crippen molar-refractivity contribution in [3.8, 4) is 0 Å². The van der Waals surface area contributed by atoms with Crippen molar-refractivity contribution in [1.29, 1.82) is 0 Å². The van der Waals surface area contributed by atoms with Gasteiger partial charge >= 0.3 is 0 Å². The molecule has 20 heavy (non-hydrogen) atoms. The fourth-order valence-electron chi connectivity index (χ4n) is 2.79. The highest BCUT2D eigenvalue weighted by Gasteiger charge is 2.61. The first-order valence-corrected chi connectivity index (χ1v) is 7.71. The maximum absolute atomic E-state index is 12.4. The molecule has 112 valence electrons. The van der Waals surface area contributed by atoms with E-state index >= 15 is 0 Å². The third kappa shape index (κ3) is 2.25. The third-order valence-electron chi connectivity index (χ3n) is 4.51. The summed E-state index contributed by atoms with van der Waals surface area (Å²) in [5, 5.41) is 12.8. The molecule has 1 heterocycles. The lowest BCUT2D eigenvalue weighted by atomic mass is 9.54. The zero-order chi connectivity index (χ0) is 15.0. The molecule has 0 spiro atoms. The van der Waals surface area contributed by atoms with Crippen LogP contribution in [-0.2, 0) is 4.74 Å². The second-order valence-electron chi connectivity index (χ2n) is 5.83. The molecule has 2 rings (SSSR count). The SMILES string of the molecule is CCO[C@@H]1C[C@](CO)(NC(=O)c2scnc2C)C1(C)C. The summed E-state index contributed by atoms with van der Waals surface area (Å²) in [5.41, 5.74) is 1.45. The lowest BCUT2D eigenvalue weighted by molar-refractivity contribution is -0.172. The molecule has 6 heteroatoms. The Kier molecular flexibility index (Phi) is 4.18. The molecule has 1 aliphatic rings. The number of hydrogen-bond donors (Lipinski definition) is 2. The van der Waals surface area contributed by atoms with E-state index in [-0.39, 0.29) is 24.0 Å². The van der Waals surface area contributed by atoms with E-state index in [1.807, 2.05) is 27.7 Å². The summed E-state index contributed by atoms with van der Waals surface area (Å²) in [5.74, 6) is -0.165. The van der Waals surface area contributed by atoms with Crippen LogP contribution in [0.25, 0.3) is 0 Å². The van der Waals surface area contributed by atoms with E-state index in [4.69, 9.17) is 4.74 Å². The van der Waals surface area contributed by atoms with Crippen molar-refractivity contribution in [2.24, 2.45) is 5.41 Å². The van der Waals surface area contributed by atoms with Gasteiger partial charge in [-0.25, -0.2) is 4.98 Å². The van der Waals surface area contributed by atoms with Crippen molar-refractivity contribution in [2.45, 2.75) is 45.8 Å². The van der Waals surface area contributed by atoms with Gasteiger partial charge in [0.2, 0.25) is 0 Å². The zero-order valence-corrected chi connectivity index (χ0v) is 13.2. The second-order valence-corrected chi connectivity index (χ2v) is 6.69. The number of hydrogen-bond acceptors (Lipinski definition) is 5. The number of aromatic nitrogens is 1. The Morgan fingerprint density at radius 3 is 2.80 bits per heavy atom. The van der Waals surface area contributed by atoms with Crippen molar-refractivity contribution in [2.75, 3.05) is 13.2 Å². The van der Waals surface area contributed by atoms with Crippen LogP contribution in [0.15, 0.2) is 5.51 Å². The van der Waals surface area contributed by atoms with Crippen molar-refractivity contribution < 1.29 is 14.6 Å². The fourth-order valence-corrected chi connectivity index (χ4v) is 3.49. The van der Waals surface area contributed by atoms with Crippen molar-refractivity contribution in [3.63, 3.8) is 0 Å². The van der Waals surface area contributed by atoms with Gasteiger partial charge in [-0.15, -0.1) is 11.3 Å². The number of carbonyl (C=O) groups is 1. The molecule has 1 aliphatic carbocycles. The van der Waals surface area contributed by atoms with Crippen LogP contribution in [0.4, 0.5) is 0 Å². The average molecular weight is 298 g/mol. The van der Waals surface area contributed by atoms with Crippen molar-refractivity contribution >= 4 is 17.2 Å². The summed E-state index contributed by atoms with van der Waals surface area (Å²) in [6.07, 6.45) is 0.691. The highest BCUT2D eigenvalue weighted by molar-refractivity contribution is 7.11. The van der Waals surface area contributed by atoms with Crippen LogP contribution < -0.4 is 5.32 Å². The minimum Gasteiger partial charge on any atom is -0.394 e. The van der Waals surface area contributed by atoms with Crippen LogP contribution in [0.5, 0.6) is 0 Å². The van der Waals surface area contributed by atoms with E-state index in [0.717, 1.165) is 5.69 Å². The second kappa shape index (κ2) is 5.42. The molecule has 0 bridgehead atoms. The Balaban J connectivity index is 2.14. The van der Waals surface area contributed by atoms with E-state index in [0.29, 0.717) is 17.9 Å². The highest BCUT2D eigenvalue weighted by Crippen LogP contribution is 2.51. The summed E-state index contributed by atoms with van der Waals surface area (Å²) >= 11 is 1.32. The van der Waals surface area contributed by atoms with Gasteiger partial charge < -0.3 is 15.2 Å². The standard InChI is InChI=1S/C14H22N2O3S/c1-5-19-10-6-14(7-17,13(10,3)4)16-12(18)11-9(2)15-8-20-11/h8,10,17H,5-7H2,1-4H3,(H,16,18)/t10-,14-/m1/s1. The maximum Gasteiger partial charge on any atom is 0.263 e. The Bertz CT molecular complexity index is 500. The molecule has 1 aromatic heterocycles. The molecule has 1 saturated carbocycles. The Hall–Kier alpha value is -0.980. The topological polar surface area (TPSA) is 71.5 Å². The number of rotatable bonds is 5. The summed E-state index contributed by atoms with van der Waals surface area (Å²) in [6.45, 7) is 8.35. The molecular formula is C14H22N2O3S. The molecule has 0 unspecified atom stereocenters. The molecule has 0 radical (unpaired) electrons. The maximum atomic E-state index is 12.4. The largest absolute Gasteiger partial charge is 0.394 e. The first kappa shape index (κ1) is 15.4. The molecule has 1 fully saturated rings. The van der Waals surface area contributed by atoms with Gasteiger partial charge in [0, 0.05) is 18.4 Å². The van der Waals surface area contributed by atoms with Crippen LogP contribution in [0.1, 0.15) is 42.6 Å². The number of aliphatic hydroxyl groups excluding tert-OH is 1. The number of nitrogens with zero attached hydrogens (tertiary/aromatic N) is 1. The van der Waals surface area contributed by atoms with Crippen LogP contribution in [-0.4, -0.2) is 40.9 Å². The molecular weight excluding hydrogens is 276 g/mol. The molecule has 1 amide bonds.